The molecule has 7 heteroatoms. The largest absolute Gasteiger partial charge is 0.505 e. The Bertz CT molecular complexity index is 1060. The molecule has 5 nitrogen and oxygen atoms in total. The first-order valence-electron chi connectivity index (χ1n) is 7.55. The van der Waals surface area contributed by atoms with Gasteiger partial charge in [-0.2, -0.15) is 5.26 Å². The molecule has 2 aromatic heterocycles. The molecule has 0 aliphatic rings. The molecule has 0 bridgehead atoms. The van der Waals surface area contributed by atoms with Gasteiger partial charge >= 0.3 is 0 Å². The molecule has 128 valence electrons. The minimum atomic E-state index is -0.906. The van der Waals surface area contributed by atoms with Crippen LogP contribution in [0.2, 0.25) is 0 Å². The molecule has 0 saturated carbocycles. The number of rotatable bonds is 3. The summed E-state index contributed by atoms with van der Waals surface area (Å²) in [6, 6.07) is 9.45. The Hall–Kier alpha value is -3.66. The summed E-state index contributed by atoms with van der Waals surface area (Å²) in [5, 5.41) is 20.0. The van der Waals surface area contributed by atoms with Crippen LogP contribution >= 0.6 is 0 Å². The van der Waals surface area contributed by atoms with Gasteiger partial charge in [-0.25, -0.2) is 13.8 Å². The molecule has 0 aliphatic carbocycles. The number of nitrogens with zero attached hydrogens (tertiary/aromatic N) is 4. The van der Waals surface area contributed by atoms with E-state index in [2.05, 4.69) is 15.0 Å². The maximum absolute atomic E-state index is 13.8. The van der Waals surface area contributed by atoms with Crippen molar-refractivity contribution < 1.29 is 13.9 Å². The molecule has 1 aromatic carbocycles. The first-order valence-corrected chi connectivity index (χ1v) is 7.55. The molecule has 0 aliphatic heterocycles. The molecule has 0 spiro atoms. The summed E-state index contributed by atoms with van der Waals surface area (Å²) in [5.41, 5.74) is 1.26. The maximum Gasteiger partial charge on any atom is 0.152 e. The summed E-state index contributed by atoms with van der Waals surface area (Å²) in [6.07, 6.45) is 2.99. The third kappa shape index (κ3) is 3.39. The highest BCUT2D eigenvalue weighted by Crippen LogP contribution is 2.31. The summed E-state index contributed by atoms with van der Waals surface area (Å²) in [4.78, 5) is 12.1. The summed E-state index contributed by atoms with van der Waals surface area (Å²) in [6.45, 7) is 1.80. The number of pyridine rings is 2. The second-order valence-electron chi connectivity index (χ2n) is 5.41. The van der Waals surface area contributed by atoms with Crippen molar-refractivity contribution in [2.45, 2.75) is 6.92 Å². The predicted octanol–water partition coefficient (Wildman–Crippen LogP) is 4.08. The minimum Gasteiger partial charge on any atom is -0.505 e. The van der Waals surface area contributed by atoms with Crippen molar-refractivity contribution in [3.05, 3.63) is 71.7 Å². The van der Waals surface area contributed by atoms with Gasteiger partial charge in [0.15, 0.2) is 17.3 Å². The second-order valence-corrected chi connectivity index (χ2v) is 5.41. The topological polar surface area (TPSA) is 82.2 Å². The lowest BCUT2D eigenvalue weighted by molar-refractivity contribution is 0.474. The van der Waals surface area contributed by atoms with E-state index in [1.807, 2.05) is 6.07 Å². The quantitative estimate of drug-likeness (QED) is 0.722. The number of nitriles is 1. The number of aromatic nitrogens is 2. The van der Waals surface area contributed by atoms with E-state index in [1.54, 1.807) is 25.3 Å². The minimum absolute atomic E-state index is 0.0932. The number of aryl methyl sites for hydroxylation is 1. The van der Waals surface area contributed by atoms with Gasteiger partial charge < -0.3 is 5.11 Å². The fourth-order valence-electron chi connectivity index (χ4n) is 2.39. The third-order valence-electron chi connectivity index (χ3n) is 3.60. The van der Waals surface area contributed by atoms with Gasteiger partial charge in [0.1, 0.15) is 23.3 Å². The van der Waals surface area contributed by atoms with Crippen molar-refractivity contribution in [1.29, 1.82) is 5.26 Å². The van der Waals surface area contributed by atoms with Crippen LogP contribution in [0.5, 0.6) is 5.75 Å². The zero-order chi connectivity index (χ0) is 18.7. The molecule has 2 heterocycles. The molecular weight excluding hydrogens is 338 g/mol. The Morgan fingerprint density at radius 3 is 2.58 bits per heavy atom. The van der Waals surface area contributed by atoms with E-state index >= 15 is 0 Å². The normalized spacial score (nSPS) is 11.2. The smallest absolute Gasteiger partial charge is 0.152 e. The molecular formula is C19H12F2N4O. The van der Waals surface area contributed by atoms with Crippen molar-refractivity contribution in [2.24, 2.45) is 4.99 Å². The Labute approximate surface area is 147 Å². The van der Waals surface area contributed by atoms with Gasteiger partial charge in [0, 0.05) is 29.7 Å². The lowest BCUT2D eigenvalue weighted by atomic mass is 10.1. The van der Waals surface area contributed by atoms with Crippen molar-refractivity contribution >= 4 is 11.4 Å². The molecule has 26 heavy (non-hydrogen) atoms. The van der Waals surface area contributed by atoms with Crippen molar-refractivity contribution in [3.8, 4) is 23.1 Å². The Kier molecular flexibility index (Phi) is 4.67. The van der Waals surface area contributed by atoms with Crippen LogP contribution in [0.1, 0.15) is 11.3 Å². The summed E-state index contributed by atoms with van der Waals surface area (Å²) < 4.78 is 26.8. The SMILES string of the molecule is Cc1cc(-c2nccc(/C(C#N)=N/c3ccc(F)cc3F)c2O)ccn1. The Balaban J connectivity index is 2.12. The predicted molar refractivity (Wildman–Crippen MR) is 92.0 cm³/mol. The molecule has 3 aromatic rings. The van der Waals surface area contributed by atoms with E-state index in [1.165, 1.54) is 12.3 Å². The molecule has 0 fully saturated rings. The number of hydrogen-bond acceptors (Lipinski definition) is 5. The van der Waals surface area contributed by atoms with Gasteiger partial charge in [-0.15, -0.1) is 0 Å². The van der Waals surface area contributed by atoms with Crippen LogP contribution in [0.4, 0.5) is 14.5 Å². The fourth-order valence-corrected chi connectivity index (χ4v) is 2.39. The van der Waals surface area contributed by atoms with Crippen LogP contribution in [-0.4, -0.2) is 20.8 Å². The van der Waals surface area contributed by atoms with E-state index in [4.69, 9.17) is 0 Å². The Morgan fingerprint density at radius 1 is 1.12 bits per heavy atom. The summed E-state index contributed by atoms with van der Waals surface area (Å²) in [7, 11) is 0. The van der Waals surface area contributed by atoms with E-state index in [-0.39, 0.29) is 28.4 Å². The molecule has 0 unspecified atom stereocenters. The van der Waals surface area contributed by atoms with Crippen LogP contribution in [0.3, 0.4) is 0 Å². The van der Waals surface area contributed by atoms with Gasteiger partial charge in [0.25, 0.3) is 0 Å². The monoisotopic (exact) mass is 350 g/mol. The zero-order valence-corrected chi connectivity index (χ0v) is 13.6. The average Bonchev–Trinajstić information content (AvgIpc) is 2.62. The highest BCUT2D eigenvalue weighted by molar-refractivity contribution is 6.15. The maximum atomic E-state index is 13.8. The molecule has 0 amide bonds. The van der Waals surface area contributed by atoms with Gasteiger partial charge in [-0.1, -0.05) is 0 Å². The molecule has 3 rings (SSSR count). The summed E-state index contributed by atoms with van der Waals surface area (Å²) >= 11 is 0. The van der Waals surface area contributed by atoms with E-state index in [0.29, 0.717) is 11.6 Å². The first kappa shape index (κ1) is 17.2. The first-order chi connectivity index (χ1) is 12.5. The molecule has 0 atom stereocenters. The zero-order valence-electron chi connectivity index (χ0n) is 13.6. The summed E-state index contributed by atoms with van der Waals surface area (Å²) in [5.74, 6) is -1.92. The van der Waals surface area contributed by atoms with Crippen LogP contribution in [-0.2, 0) is 0 Å². The van der Waals surface area contributed by atoms with Crippen molar-refractivity contribution in [1.82, 2.24) is 9.97 Å². The van der Waals surface area contributed by atoms with Crippen LogP contribution < -0.4 is 0 Å². The second kappa shape index (κ2) is 7.07. The van der Waals surface area contributed by atoms with Crippen LogP contribution in [0.25, 0.3) is 11.3 Å². The van der Waals surface area contributed by atoms with Crippen LogP contribution in [0, 0.1) is 29.9 Å². The van der Waals surface area contributed by atoms with Crippen molar-refractivity contribution in [3.63, 3.8) is 0 Å². The van der Waals surface area contributed by atoms with Crippen LogP contribution in [0.15, 0.2) is 53.8 Å². The van der Waals surface area contributed by atoms with Gasteiger partial charge in [0.05, 0.1) is 5.56 Å². The number of halogens is 2. The number of benzene rings is 1. The molecule has 1 N–H and O–H groups in total. The third-order valence-corrected chi connectivity index (χ3v) is 3.60. The van der Waals surface area contributed by atoms with Gasteiger partial charge in [-0.3, -0.25) is 9.97 Å². The van der Waals surface area contributed by atoms with Gasteiger partial charge in [-0.05, 0) is 37.3 Å². The van der Waals surface area contributed by atoms with Crippen molar-refractivity contribution in [2.75, 3.05) is 0 Å². The average molecular weight is 350 g/mol. The Morgan fingerprint density at radius 2 is 1.88 bits per heavy atom. The van der Waals surface area contributed by atoms with E-state index in [9.17, 15) is 19.1 Å². The standard InChI is InChI=1S/C19H12F2N4O/c1-11-8-12(4-6-23-11)18-19(26)14(5-7-24-18)17(10-22)25-16-3-2-13(20)9-15(16)21/h2-9,26H,1H3/b25-17+. The lowest BCUT2D eigenvalue weighted by Crippen LogP contribution is -2.00. The number of aromatic hydroxyl groups is 1. The van der Waals surface area contributed by atoms with E-state index < -0.39 is 11.6 Å². The molecule has 0 radical (unpaired) electrons. The number of hydrogen-bond donors (Lipinski definition) is 1. The van der Waals surface area contributed by atoms with E-state index in [0.717, 1.165) is 17.8 Å². The fraction of sp³-hybridized carbons (Fsp3) is 0.0526. The van der Waals surface area contributed by atoms with Gasteiger partial charge in [0.2, 0.25) is 0 Å². The number of aliphatic imine (C=N–C) groups is 1. The lowest BCUT2D eigenvalue weighted by Gasteiger charge is -2.08. The highest BCUT2D eigenvalue weighted by atomic mass is 19.1. The molecule has 0 saturated heterocycles. The highest BCUT2D eigenvalue weighted by Gasteiger charge is 2.16.